The second kappa shape index (κ2) is 7.49. The molecule has 2 heterocycles. The van der Waals surface area contributed by atoms with Gasteiger partial charge in [0.25, 0.3) is 0 Å². The van der Waals surface area contributed by atoms with Gasteiger partial charge in [-0.1, -0.05) is 56.3 Å². The quantitative estimate of drug-likeness (QED) is 0.610. The molecule has 1 atom stereocenters. The van der Waals surface area contributed by atoms with Gasteiger partial charge in [-0.15, -0.1) is 0 Å². The van der Waals surface area contributed by atoms with Crippen LogP contribution in [-0.2, 0) is 14.2 Å². The molecular formula is C26H33NO4. The normalized spacial score (nSPS) is 25.5. The van der Waals surface area contributed by atoms with Crippen LogP contribution >= 0.6 is 0 Å². The molecule has 5 rings (SSSR count). The summed E-state index contributed by atoms with van der Waals surface area (Å²) >= 11 is 0. The molecule has 2 saturated heterocycles. The van der Waals surface area contributed by atoms with Crippen molar-refractivity contribution in [2.24, 2.45) is 5.41 Å². The van der Waals surface area contributed by atoms with Gasteiger partial charge in [0.05, 0.1) is 19.3 Å². The molecule has 3 fully saturated rings. The van der Waals surface area contributed by atoms with E-state index in [4.69, 9.17) is 14.2 Å². The van der Waals surface area contributed by atoms with Gasteiger partial charge in [0.15, 0.2) is 5.79 Å². The average molecular weight is 424 g/mol. The SMILES string of the molecule is C[C@@H](c1cccc2ccccc12)N1CCC2(CCC3(CC2)OCC(C)(C)CO3)OC1=O. The van der Waals surface area contributed by atoms with E-state index in [9.17, 15) is 4.79 Å². The molecule has 2 aromatic carbocycles. The monoisotopic (exact) mass is 423 g/mol. The van der Waals surface area contributed by atoms with Crippen LogP contribution in [0.15, 0.2) is 42.5 Å². The highest BCUT2D eigenvalue weighted by Gasteiger charge is 2.51. The number of ether oxygens (including phenoxy) is 3. The van der Waals surface area contributed by atoms with Crippen molar-refractivity contribution in [1.82, 2.24) is 4.90 Å². The first-order chi connectivity index (χ1) is 14.8. The van der Waals surface area contributed by atoms with Gasteiger partial charge in [0.2, 0.25) is 0 Å². The van der Waals surface area contributed by atoms with Crippen LogP contribution in [0.2, 0.25) is 0 Å². The van der Waals surface area contributed by atoms with Crippen molar-refractivity contribution in [1.29, 1.82) is 0 Å². The predicted octanol–water partition coefficient (Wildman–Crippen LogP) is 5.83. The van der Waals surface area contributed by atoms with E-state index in [0.717, 1.165) is 45.3 Å². The Morgan fingerprint density at radius 1 is 0.903 bits per heavy atom. The number of rotatable bonds is 2. The Labute approximate surface area is 184 Å². The summed E-state index contributed by atoms with van der Waals surface area (Å²) in [6.45, 7) is 8.58. The fourth-order valence-corrected chi connectivity index (χ4v) is 5.31. The average Bonchev–Trinajstić information content (AvgIpc) is 2.77. The van der Waals surface area contributed by atoms with Gasteiger partial charge in [-0.25, -0.2) is 4.79 Å². The number of benzene rings is 2. The Bertz CT molecular complexity index is 959. The maximum Gasteiger partial charge on any atom is 0.410 e. The second-order valence-corrected chi connectivity index (χ2v) is 10.4. The van der Waals surface area contributed by atoms with E-state index in [0.29, 0.717) is 6.54 Å². The minimum absolute atomic E-state index is 0.0295. The summed E-state index contributed by atoms with van der Waals surface area (Å²) in [4.78, 5) is 15.0. The third kappa shape index (κ3) is 3.83. The lowest BCUT2D eigenvalue weighted by atomic mass is 9.77. The highest BCUT2D eigenvalue weighted by Crippen LogP contribution is 2.47. The van der Waals surface area contributed by atoms with E-state index in [-0.39, 0.29) is 23.2 Å². The molecule has 1 amide bonds. The lowest BCUT2D eigenvalue weighted by Gasteiger charge is -2.51. The number of nitrogens with zero attached hydrogens (tertiary/aromatic N) is 1. The van der Waals surface area contributed by atoms with E-state index in [1.165, 1.54) is 16.3 Å². The Hall–Kier alpha value is -2.11. The van der Waals surface area contributed by atoms with E-state index in [1.54, 1.807) is 0 Å². The topological polar surface area (TPSA) is 48.0 Å². The van der Waals surface area contributed by atoms with Gasteiger partial charge in [-0.2, -0.15) is 0 Å². The Kier molecular flexibility index (Phi) is 5.02. The zero-order valence-electron chi connectivity index (χ0n) is 18.9. The maximum absolute atomic E-state index is 13.1. The number of carbonyl (C=O) groups is 1. The first kappa shape index (κ1) is 20.8. The minimum Gasteiger partial charge on any atom is -0.443 e. The Morgan fingerprint density at radius 2 is 1.58 bits per heavy atom. The molecule has 2 aromatic rings. The van der Waals surface area contributed by atoms with Gasteiger partial charge in [-0.3, -0.25) is 0 Å². The molecule has 0 N–H and O–H groups in total. The van der Waals surface area contributed by atoms with Crippen molar-refractivity contribution in [2.45, 2.75) is 70.3 Å². The molecule has 0 aromatic heterocycles. The molecule has 0 bridgehead atoms. The standard InChI is InChI=1S/C26H33NO4/c1-19(21-10-6-8-20-7-4-5-9-22(20)21)27-16-15-25(31-23(27)28)11-13-26(14-12-25)29-17-24(2,3)18-30-26/h4-10,19H,11-18H2,1-3H3/t19-/m0/s1. The summed E-state index contributed by atoms with van der Waals surface area (Å²) in [6, 6.07) is 14.6. The third-order valence-corrected chi connectivity index (χ3v) is 7.46. The summed E-state index contributed by atoms with van der Waals surface area (Å²) in [5, 5.41) is 2.39. The zero-order valence-corrected chi connectivity index (χ0v) is 18.9. The lowest BCUT2D eigenvalue weighted by Crippen LogP contribution is -2.56. The number of carbonyl (C=O) groups excluding carboxylic acids is 1. The molecule has 166 valence electrons. The molecule has 0 radical (unpaired) electrons. The molecule has 2 spiro atoms. The maximum atomic E-state index is 13.1. The summed E-state index contributed by atoms with van der Waals surface area (Å²) < 4.78 is 18.5. The molecule has 5 nitrogen and oxygen atoms in total. The lowest BCUT2D eigenvalue weighted by molar-refractivity contribution is -0.320. The van der Waals surface area contributed by atoms with E-state index in [1.807, 2.05) is 11.0 Å². The van der Waals surface area contributed by atoms with Crippen LogP contribution in [0.3, 0.4) is 0 Å². The van der Waals surface area contributed by atoms with E-state index >= 15 is 0 Å². The van der Waals surface area contributed by atoms with Crippen molar-refractivity contribution in [3.05, 3.63) is 48.0 Å². The van der Waals surface area contributed by atoms with Gasteiger partial charge in [-0.05, 0) is 36.1 Å². The van der Waals surface area contributed by atoms with Crippen LogP contribution in [-0.4, -0.2) is 42.1 Å². The second-order valence-electron chi connectivity index (χ2n) is 10.4. The minimum atomic E-state index is -0.486. The van der Waals surface area contributed by atoms with Crippen molar-refractivity contribution < 1.29 is 19.0 Å². The highest BCUT2D eigenvalue weighted by atomic mass is 16.7. The van der Waals surface area contributed by atoms with Crippen molar-refractivity contribution in [2.75, 3.05) is 19.8 Å². The number of hydrogen-bond acceptors (Lipinski definition) is 4. The van der Waals surface area contributed by atoms with Crippen molar-refractivity contribution in [3.8, 4) is 0 Å². The number of amides is 1. The Morgan fingerprint density at radius 3 is 2.29 bits per heavy atom. The molecule has 31 heavy (non-hydrogen) atoms. The predicted molar refractivity (Wildman–Crippen MR) is 120 cm³/mol. The number of hydrogen-bond donors (Lipinski definition) is 0. The first-order valence-electron chi connectivity index (χ1n) is 11.6. The molecule has 0 unspecified atom stereocenters. The van der Waals surface area contributed by atoms with Crippen LogP contribution < -0.4 is 0 Å². The summed E-state index contributed by atoms with van der Waals surface area (Å²) in [5.41, 5.74) is 0.854. The van der Waals surface area contributed by atoms with E-state index < -0.39 is 5.79 Å². The summed E-state index contributed by atoms with van der Waals surface area (Å²) in [7, 11) is 0. The summed E-state index contributed by atoms with van der Waals surface area (Å²) in [6.07, 6.45) is 3.83. The van der Waals surface area contributed by atoms with Gasteiger partial charge in [0.1, 0.15) is 5.60 Å². The third-order valence-electron chi connectivity index (χ3n) is 7.46. The molecular weight excluding hydrogens is 390 g/mol. The van der Waals surface area contributed by atoms with Crippen LogP contribution in [0.4, 0.5) is 4.79 Å². The fraction of sp³-hybridized carbons (Fsp3) is 0.577. The molecule has 5 heteroatoms. The zero-order chi connectivity index (χ0) is 21.7. The van der Waals surface area contributed by atoms with E-state index in [2.05, 4.69) is 57.2 Å². The van der Waals surface area contributed by atoms with Gasteiger partial charge >= 0.3 is 6.09 Å². The van der Waals surface area contributed by atoms with Crippen LogP contribution in [0, 0.1) is 5.41 Å². The molecule has 2 aliphatic heterocycles. The van der Waals surface area contributed by atoms with Crippen LogP contribution in [0.5, 0.6) is 0 Å². The van der Waals surface area contributed by atoms with Crippen molar-refractivity contribution >= 4 is 16.9 Å². The van der Waals surface area contributed by atoms with Crippen LogP contribution in [0.25, 0.3) is 10.8 Å². The highest BCUT2D eigenvalue weighted by molar-refractivity contribution is 5.86. The summed E-state index contributed by atoms with van der Waals surface area (Å²) in [5.74, 6) is -0.486. The largest absolute Gasteiger partial charge is 0.443 e. The van der Waals surface area contributed by atoms with Crippen LogP contribution in [0.1, 0.15) is 64.5 Å². The van der Waals surface area contributed by atoms with Crippen molar-refractivity contribution in [3.63, 3.8) is 0 Å². The molecule has 1 aliphatic carbocycles. The fourth-order valence-electron chi connectivity index (χ4n) is 5.31. The van der Waals surface area contributed by atoms with Gasteiger partial charge in [0, 0.05) is 31.2 Å². The van der Waals surface area contributed by atoms with Gasteiger partial charge < -0.3 is 19.1 Å². The Balaban J connectivity index is 1.26. The smallest absolute Gasteiger partial charge is 0.410 e. The first-order valence-corrected chi connectivity index (χ1v) is 11.6. The molecule has 3 aliphatic rings. The number of fused-ring (bicyclic) bond motifs is 1. The molecule has 1 saturated carbocycles.